The van der Waals surface area contributed by atoms with E-state index in [0.717, 1.165) is 26.3 Å². The van der Waals surface area contributed by atoms with Gasteiger partial charge in [-0.05, 0) is 35.6 Å². The number of carbonyl (C=O) groups excluding carboxylic acids is 2. The van der Waals surface area contributed by atoms with Crippen molar-refractivity contribution < 1.29 is 14.3 Å². The topological polar surface area (TPSA) is 70.7 Å². The van der Waals surface area contributed by atoms with E-state index in [9.17, 15) is 9.59 Å². The molecule has 6 nitrogen and oxygen atoms in total. The summed E-state index contributed by atoms with van der Waals surface area (Å²) in [7, 11) is 0. The number of nitrogens with zero attached hydrogens (tertiary/aromatic N) is 1. The average Bonchev–Trinajstić information content (AvgIpc) is 3.24. The SMILES string of the molecule is CC(C)[C@H](CNC(=O)c1cccc(NC(=O)c2cccs2)c1)N1CCOCC1. The molecular formula is C21H27N3O3S. The van der Waals surface area contributed by atoms with Gasteiger partial charge in [-0.15, -0.1) is 11.3 Å². The van der Waals surface area contributed by atoms with Crippen molar-refractivity contribution in [2.24, 2.45) is 5.92 Å². The highest BCUT2D eigenvalue weighted by atomic mass is 32.1. The molecule has 3 rings (SSSR count). The predicted molar refractivity (Wildman–Crippen MR) is 112 cm³/mol. The third-order valence-electron chi connectivity index (χ3n) is 4.88. The standard InChI is InChI=1S/C21H27N3O3S/c1-15(2)18(24-8-10-27-11-9-24)14-22-20(25)16-5-3-6-17(13-16)23-21(26)19-7-4-12-28-19/h3-7,12-13,15,18H,8-11,14H2,1-2H3,(H,22,25)(H,23,26)/t18-/m0/s1. The minimum Gasteiger partial charge on any atom is -0.379 e. The van der Waals surface area contributed by atoms with Crippen LogP contribution in [0.15, 0.2) is 41.8 Å². The van der Waals surface area contributed by atoms with E-state index in [-0.39, 0.29) is 17.9 Å². The Balaban J connectivity index is 1.59. The van der Waals surface area contributed by atoms with Gasteiger partial charge in [0.25, 0.3) is 11.8 Å². The van der Waals surface area contributed by atoms with Crippen LogP contribution in [0.4, 0.5) is 5.69 Å². The fourth-order valence-electron chi connectivity index (χ4n) is 3.33. The van der Waals surface area contributed by atoms with Crippen LogP contribution in [0.2, 0.25) is 0 Å². The van der Waals surface area contributed by atoms with Gasteiger partial charge in [0.05, 0.1) is 18.1 Å². The quantitative estimate of drug-likeness (QED) is 0.748. The van der Waals surface area contributed by atoms with Crippen LogP contribution in [-0.4, -0.2) is 55.6 Å². The van der Waals surface area contributed by atoms with Crippen molar-refractivity contribution in [2.45, 2.75) is 19.9 Å². The monoisotopic (exact) mass is 401 g/mol. The van der Waals surface area contributed by atoms with E-state index in [0.29, 0.717) is 28.6 Å². The summed E-state index contributed by atoms with van der Waals surface area (Å²) in [6.45, 7) is 8.19. The van der Waals surface area contributed by atoms with Crippen LogP contribution >= 0.6 is 11.3 Å². The third-order valence-corrected chi connectivity index (χ3v) is 5.75. The number of benzene rings is 1. The summed E-state index contributed by atoms with van der Waals surface area (Å²) in [6, 6.07) is 10.9. The molecule has 7 heteroatoms. The van der Waals surface area contributed by atoms with Crippen LogP contribution in [0, 0.1) is 5.92 Å². The van der Waals surface area contributed by atoms with Gasteiger partial charge in [-0.2, -0.15) is 0 Å². The molecule has 2 aromatic rings. The lowest BCUT2D eigenvalue weighted by Gasteiger charge is -2.36. The van der Waals surface area contributed by atoms with Crippen LogP contribution in [0.5, 0.6) is 0 Å². The molecule has 1 aliphatic heterocycles. The molecule has 0 unspecified atom stereocenters. The number of thiophene rings is 1. The van der Waals surface area contributed by atoms with Crippen molar-refractivity contribution in [1.82, 2.24) is 10.2 Å². The summed E-state index contributed by atoms with van der Waals surface area (Å²) in [5.74, 6) is 0.126. The molecule has 1 atom stereocenters. The molecule has 28 heavy (non-hydrogen) atoms. The third kappa shape index (κ3) is 5.41. The first-order valence-corrected chi connectivity index (χ1v) is 10.5. The van der Waals surface area contributed by atoms with Crippen LogP contribution in [0.3, 0.4) is 0 Å². The molecule has 2 amide bonds. The van der Waals surface area contributed by atoms with E-state index in [2.05, 4.69) is 29.4 Å². The van der Waals surface area contributed by atoms with Gasteiger partial charge < -0.3 is 15.4 Å². The minimum absolute atomic E-state index is 0.133. The Labute approximate surface area is 169 Å². The first-order chi connectivity index (χ1) is 13.5. The molecule has 0 spiro atoms. The molecule has 2 heterocycles. The molecule has 150 valence electrons. The summed E-state index contributed by atoms with van der Waals surface area (Å²) in [4.78, 5) is 27.9. The average molecular weight is 402 g/mol. The molecule has 1 aliphatic rings. The first-order valence-electron chi connectivity index (χ1n) is 9.59. The number of anilines is 1. The highest BCUT2D eigenvalue weighted by Crippen LogP contribution is 2.16. The second kappa shape index (κ2) is 9.82. The Kier molecular flexibility index (Phi) is 7.19. The zero-order valence-corrected chi connectivity index (χ0v) is 17.1. The summed E-state index contributed by atoms with van der Waals surface area (Å²) < 4.78 is 5.43. The number of rotatable bonds is 7. The van der Waals surface area contributed by atoms with Gasteiger partial charge in [-0.1, -0.05) is 26.0 Å². The van der Waals surface area contributed by atoms with Crippen molar-refractivity contribution >= 4 is 28.8 Å². The Morgan fingerprint density at radius 1 is 1.14 bits per heavy atom. The maximum Gasteiger partial charge on any atom is 0.265 e. The number of hydrogen-bond donors (Lipinski definition) is 2. The van der Waals surface area contributed by atoms with E-state index >= 15 is 0 Å². The van der Waals surface area contributed by atoms with Crippen molar-refractivity contribution in [1.29, 1.82) is 0 Å². The van der Waals surface area contributed by atoms with Crippen molar-refractivity contribution in [3.8, 4) is 0 Å². The van der Waals surface area contributed by atoms with E-state index in [4.69, 9.17) is 4.74 Å². The Hall–Kier alpha value is -2.22. The van der Waals surface area contributed by atoms with E-state index in [1.54, 1.807) is 30.3 Å². The zero-order valence-electron chi connectivity index (χ0n) is 16.3. The van der Waals surface area contributed by atoms with Crippen LogP contribution < -0.4 is 10.6 Å². The normalized spacial score (nSPS) is 16.0. The highest BCUT2D eigenvalue weighted by molar-refractivity contribution is 7.12. The molecule has 0 bridgehead atoms. The first kappa shape index (κ1) is 20.5. The van der Waals surface area contributed by atoms with Gasteiger partial charge in [0.1, 0.15) is 0 Å². The number of ether oxygens (including phenoxy) is 1. The van der Waals surface area contributed by atoms with E-state index in [1.165, 1.54) is 11.3 Å². The highest BCUT2D eigenvalue weighted by Gasteiger charge is 2.24. The molecule has 1 aromatic heterocycles. The lowest BCUT2D eigenvalue weighted by atomic mass is 10.0. The molecule has 0 radical (unpaired) electrons. The number of amides is 2. The lowest BCUT2D eigenvalue weighted by Crippen LogP contribution is -2.51. The second-order valence-corrected chi connectivity index (χ2v) is 8.13. The van der Waals surface area contributed by atoms with Gasteiger partial charge >= 0.3 is 0 Å². The molecule has 0 saturated carbocycles. The van der Waals surface area contributed by atoms with Gasteiger partial charge in [-0.3, -0.25) is 14.5 Å². The van der Waals surface area contributed by atoms with Crippen LogP contribution in [0.1, 0.15) is 33.9 Å². The maximum atomic E-state index is 12.7. The second-order valence-electron chi connectivity index (χ2n) is 7.18. The van der Waals surface area contributed by atoms with E-state index < -0.39 is 0 Å². The Morgan fingerprint density at radius 3 is 2.61 bits per heavy atom. The summed E-state index contributed by atoms with van der Waals surface area (Å²) in [5, 5.41) is 7.76. The van der Waals surface area contributed by atoms with Crippen molar-refractivity contribution in [3.05, 3.63) is 52.2 Å². The van der Waals surface area contributed by atoms with E-state index in [1.807, 2.05) is 11.4 Å². The molecule has 2 N–H and O–H groups in total. The summed E-state index contributed by atoms with van der Waals surface area (Å²) >= 11 is 1.38. The molecule has 1 aromatic carbocycles. The smallest absolute Gasteiger partial charge is 0.265 e. The maximum absolute atomic E-state index is 12.7. The van der Waals surface area contributed by atoms with Crippen molar-refractivity contribution in [2.75, 3.05) is 38.2 Å². The number of hydrogen-bond acceptors (Lipinski definition) is 5. The molecular weight excluding hydrogens is 374 g/mol. The van der Waals surface area contributed by atoms with Crippen LogP contribution in [0.25, 0.3) is 0 Å². The summed E-state index contributed by atoms with van der Waals surface area (Å²) in [6.07, 6.45) is 0. The van der Waals surface area contributed by atoms with Gasteiger partial charge in [-0.25, -0.2) is 0 Å². The molecule has 1 saturated heterocycles. The van der Waals surface area contributed by atoms with Gasteiger partial charge in [0, 0.05) is 36.9 Å². The number of carbonyl (C=O) groups is 2. The minimum atomic E-state index is -0.167. The fourth-order valence-corrected chi connectivity index (χ4v) is 3.95. The number of morpholine rings is 1. The summed E-state index contributed by atoms with van der Waals surface area (Å²) in [5.41, 5.74) is 1.15. The van der Waals surface area contributed by atoms with Crippen molar-refractivity contribution in [3.63, 3.8) is 0 Å². The lowest BCUT2D eigenvalue weighted by molar-refractivity contribution is 0.00672. The zero-order chi connectivity index (χ0) is 19.9. The number of nitrogens with one attached hydrogen (secondary N) is 2. The van der Waals surface area contributed by atoms with Gasteiger partial charge in [0.15, 0.2) is 0 Å². The fraction of sp³-hybridized carbons (Fsp3) is 0.429. The molecule has 0 aliphatic carbocycles. The molecule has 1 fully saturated rings. The largest absolute Gasteiger partial charge is 0.379 e. The predicted octanol–water partition coefficient (Wildman–Crippen LogP) is 3.09. The Bertz CT molecular complexity index is 786. The Morgan fingerprint density at radius 2 is 1.93 bits per heavy atom. The van der Waals surface area contributed by atoms with Crippen LogP contribution in [-0.2, 0) is 4.74 Å². The van der Waals surface area contributed by atoms with Gasteiger partial charge in [0.2, 0.25) is 0 Å².